The van der Waals surface area contributed by atoms with E-state index in [1.807, 2.05) is 24.3 Å². The van der Waals surface area contributed by atoms with Gasteiger partial charge in [0.15, 0.2) is 5.78 Å². The van der Waals surface area contributed by atoms with Crippen LogP contribution in [0.25, 0.3) is 0 Å². The summed E-state index contributed by atoms with van der Waals surface area (Å²) in [6.45, 7) is 0. The average molecular weight is 316 g/mol. The van der Waals surface area contributed by atoms with Gasteiger partial charge in [-0.15, -0.1) is 11.3 Å². The lowest BCUT2D eigenvalue weighted by atomic mass is 10.1. The summed E-state index contributed by atoms with van der Waals surface area (Å²) >= 11 is 10.5. The third-order valence-corrected chi connectivity index (χ3v) is 3.87. The molecule has 2 aromatic rings. The molecular weight excluding hydrogens is 308 g/mol. The van der Waals surface area contributed by atoms with E-state index in [2.05, 4.69) is 15.9 Å². The van der Waals surface area contributed by atoms with Gasteiger partial charge in [0.25, 0.3) is 0 Å². The van der Waals surface area contributed by atoms with Crippen molar-refractivity contribution in [2.75, 3.05) is 0 Å². The topological polar surface area (TPSA) is 17.1 Å². The predicted molar refractivity (Wildman–Crippen MR) is 71.5 cm³/mol. The molecule has 1 heterocycles. The van der Waals surface area contributed by atoms with Crippen molar-refractivity contribution in [3.8, 4) is 0 Å². The first-order valence-corrected chi connectivity index (χ1v) is 6.67. The van der Waals surface area contributed by atoms with Crippen molar-refractivity contribution >= 4 is 44.7 Å². The summed E-state index contributed by atoms with van der Waals surface area (Å²) in [6, 6.07) is 11.3. The molecule has 0 unspecified atom stereocenters. The molecule has 0 amide bonds. The highest BCUT2D eigenvalue weighted by Gasteiger charge is 2.09. The largest absolute Gasteiger partial charge is 0.293 e. The molecule has 0 fully saturated rings. The number of hydrogen-bond acceptors (Lipinski definition) is 2. The zero-order chi connectivity index (χ0) is 11.5. The van der Waals surface area contributed by atoms with Crippen LogP contribution in [0, 0.1) is 0 Å². The first kappa shape index (κ1) is 11.8. The monoisotopic (exact) mass is 314 g/mol. The number of carbonyl (C=O) groups is 1. The van der Waals surface area contributed by atoms with Crippen LogP contribution in [0.5, 0.6) is 0 Å². The second-order valence-electron chi connectivity index (χ2n) is 3.33. The molecule has 0 aliphatic rings. The fraction of sp³-hybridized carbons (Fsp3) is 0.0833. The molecule has 1 aromatic heterocycles. The summed E-state index contributed by atoms with van der Waals surface area (Å²) in [5, 5.41) is 0. The lowest BCUT2D eigenvalue weighted by Gasteiger charge is -1.99. The van der Waals surface area contributed by atoms with Gasteiger partial charge >= 0.3 is 0 Å². The fourth-order valence-corrected chi connectivity index (χ4v) is 2.81. The van der Waals surface area contributed by atoms with Gasteiger partial charge in [-0.1, -0.05) is 39.7 Å². The number of Topliss-reactive ketones (excluding diaryl/α,β-unsaturated/α-hetero) is 1. The van der Waals surface area contributed by atoms with Crippen LogP contribution < -0.4 is 0 Å². The van der Waals surface area contributed by atoms with E-state index >= 15 is 0 Å². The minimum absolute atomic E-state index is 0.106. The molecule has 0 bridgehead atoms. The Hall–Kier alpha value is -0.640. The number of ketones is 1. The SMILES string of the molecule is O=C(Cc1cccc(Br)c1)c1ccc(Cl)s1. The van der Waals surface area contributed by atoms with E-state index in [-0.39, 0.29) is 5.78 Å². The Kier molecular flexibility index (Phi) is 3.79. The second kappa shape index (κ2) is 5.13. The summed E-state index contributed by atoms with van der Waals surface area (Å²) in [7, 11) is 0. The van der Waals surface area contributed by atoms with Gasteiger partial charge in [0, 0.05) is 10.9 Å². The van der Waals surface area contributed by atoms with E-state index in [1.165, 1.54) is 11.3 Å². The van der Waals surface area contributed by atoms with Crippen molar-refractivity contribution in [3.63, 3.8) is 0 Å². The summed E-state index contributed by atoms with van der Waals surface area (Å²) in [5.74, 6) is 0.106. The van der Waals surface area contributed by atoms with Crippen molar-refractivity contribution in [1.29, 1.82) is 0 Å². The quantitative estimate of drug-likeness (QED) is 0.757. The lowest BCUT2D eigenvalue weighted by Crippen LogP contribution is -2.00. The van der Waals surface area contributed by atoms with Crippen LogP contribution in [-0.2, 0) is 6.42 Å². The van der Waals surface area contributed by atoms with E-state index < -0.39 is 0 Å². The highest BCUT2D eigenvalue weighted by Crippen LogP contribution is 2.23. The molecule has 0 saturated carbocycles. The molecule has 0 spiro atoms. The number of hydrogen-bond donors (Lipinski definition) is 0. The average Bonchev–Trinajstić information content (AvgIpc) is 2.65. The van der Waals surface area contributed by atoms with E-state index in [0.29, 0.717) is 15.6 Å². The molecule has 16 heavy (non-hydrogen) atoms. The van der Waals surface area contributed by atoms with Crippen LogP contribution >= 0.6 is 38.9 Å². The molecule has 0 aliphatic heterocycles. The molecule has 0 aliphatic carbocycles. The van der Waals surface area contributed by atoms with Crippen LogP contribution in [-0.4, -0.2) is 5.78 Å². The van der Waals surface area contributed by atoms with Crippen molar-refractivity contribution in [3.05, 3.63) is 55.6 Å². The number of benzene rings is 1. The van der Waals surface area contributed by atoms with Gasteiger partial charge in [-0.3, -0.25) is 4.79 Å². The molecule has 0 saturated heterocycles. The van der Waals surface area contributed by atoms with Gasteiger partial charge < -0.3 is 0 Å². The predicted octanol–water partition coefficient (Wildman–Crippen LogP) is 4.59. The number of halogens is 2. The molecule has 0 N–H and O–H groups in total. The first-order chi connectivity index (χ1) is 7.65. The molecule has 0 atom stereocenters. The standard InChI is InChI=1S/C12H8BrClOS/c13-9-3-1-2-8(6-9)7-10(15)11-4-5-12(14)16-11/h1-6H,7H2. The maximum Gasteiger partial charge on any atom is 0.177 e. The summed E-state index contributed by atoms with van der Waals surface area (Å²) in [4.78, 5) is 12.6. The lowest BCUT2D eigenvalue weighted by molar-refractivity contribution is 0.0997. The van der Waals surface area contributed by atoms with Gasteiger partial charge in [0.1, 0.15) is 0 Å². The van der Waals surface area contributed by atoms with E-state index in [1.54, 1.807) is 12.1 Å². The minimum atomic E-state index is 0.106. The summed E-state index contributed by atoms with van der Waals surface area (Å²) in [6.07, 6.45) is 0.413. The minimum Gasteiger partial charge on any atom is -0.293 e. The van der Waals surface area contributed by atoms with Gasteiger partial charge in [0.05, 0.1) is 9.21 Å². The van der Waals surface area contributed by atoms with Crippen molar-refractivity contribution in [2.45, 2.75) is 6.42 Å². The maximum atomic E-state index is 11.9. The molecule has 1 aromatic carbocycles. The van der Waals surface area contributed by atoms with E-state index in [9.17, 15) is 4.79 Å². The highest BCUT2D eigenvalue weighted by molar-refractivity contribution is 9.10. The van der Waals surface area contributed by atoms with Crippen molar-refractivity contribution < 1.29 is 4.79 Å². The Balaban J connectivity index is 2.13. The van der Waals surface area contributed by atoms with Crippen LogP contribution in [0.3, 0.4) is 0 Å². The van der Waals surface area contributed by atoms with Crippen molar-refractivity contribution in [1.82, 2.24) is 0 Å². The van der Waals surface area contributed by atoms with Crippen LogP contribution in [0.4, 0.5) is 0 Å². The highest BCUT2D eigenvalue weighted by atomic mass is 79.9. The second-order valence-corrected chi connectivity index (χ2v) is 5.96. The Labute approximate surface area is 111 Å². The molecule has 82 valence electrons. The molecular formula is C12H8BrClOS. The van der Waals surface area contributed by atoms with Crippen LogP contribution in [0.15, 0.2) is 40.9 Å². The Morgan fingerprint density at radius 1 is 1.31 bits per heavy atom. The molecule has 4 heteroatoms. The molecule has 1 nitrogen and oxygen atoms in total. The normalized spacial score (nSPS) is 10.4. The Bertz CT molecular complexity index is 521. The summed E-state index contributed by atoms with van der Waals surface area (Å²) < 4.78 is 1.64. The number of rotatable bonds is 3. The zero-order valence-corrected chi connectivity index (χ0v) is 11.4. The number of thiophene rings is 1. The van der Waals surface area contributed by atoms with E-state index in [0.717, 1.165) is 10.0 Å². The molecule has 2 rings (SSSR count). The first-order valence-electron chi connectivity index (χ1n) is 4.68. The van der Waals surface area contributed by atoms with Crippen LogP contribution in [0.1, 0.15) is 15.2 Å². The van der Waals surface area contributed by atoms with Crippen LogP contribution in [0.2, 0.25) is 4.34 Å². The Morgan fingerprint density at radius 2 is 2.12 bits per heavy atom. The summed E-state index contributed by atoms with van der Waals surface area (Å²) in [5.41, 5.74) is 1.00. The fourth-order valence-electron chi connectivity index (χ4n) is 1.38. The molecule has 0 radical (unpaired) electrons. The third kappa shape index (κ3) is 2.94. The van der Waals surface area contributed by atoms with E-state index in [4.69, 9.17) is 11.6 Å². The Morgan fingerprint density at radius 3 is 2.75 bits per heavy atom. The zero-order valence-electron chi connectivity index (χ0n) is 8.24. The van der Waals surface area contributed by atoms with Crippen molar-refractivity contribution in [2.24, 2.45) is 0 Å². The van der Waals surface area contributed by atoms with Gasteiger partial charge in [-0.25, -0.2) is 0 Å². The number of carbonyl (C=O) groups excluding carboxylic acids is 1. The smallest absolute Gasteiger partial charge is 0.177 e. The van der Waals surface area contributed by atoms with Gasteiger partial charge in [-0.05, 0) is 29.8 Å². The third-order valence-electron chi connectivity index (χ3n) is 2.10. The van der Waals surface area contributed by atoms with Gasteiger partial charge in [-0.2, -0.15) is 0 Å². The van der Waals surface area contributed by atoms with Gasteiger partial charge in [0.2, 0.25) is 0 Å². The maximum absolute atomic E-state index is 11.9.